The fourth-order valence-corrected chi connectivity index (χ4v) is 6.66. The van der Waals surface area contributed by atoms with Crippen molar-refractivity contribution in [2.75, 3.05) is 4.90 Å². The number of furan rings is 1. The summed E-state index contributed by atoms with van der Waals surface area (Å²) >= 11 is 0. The van der Waals surface area contributed by atoms with Crippen LogP contribution in [0.5, 0.6) is 0 Å². The number of anilines is 3. The zero-order chi connectivity index (χ0) is 35.6. The lowest BCUT2D eigenvalue weighted by Gasteiger charge is -2.26. The van der Waals surface area contributed by atoms with Crippen LogP contribution in [0.1, 0.15) is 22.3 Å². The molecule has 0 aliphatic rings. The minimum Gasteiger partial charge on any atom is -0.455 e. The van der Waals surface area contributed by atoms with Crippen LogP contribution in [0.25, 0.3) is 55.3 Å². The molecule has 0 aliphatic carbocycles. The van der Waals surface area contributed by atoms with Gasteiger partial charge in [0.15, 0.2) is 0 Å². The van der Waals surface area contributed by atoms with Crippen molar-refractivity contribution in [2.45, 2.75) is 0 Å². The highest BCUT2D eigenvalue weighted by Crippen LogP contribution is 2.40. The van der Waals surface area contributed by atoms with Crippen molar-refractivity contribution < 1.29 is 4.42 Å². The quantitative estimate of drug-likeness (QED) is 0.175. The predicted molar refractivity (Wildman–Crippen MR) is 204 cm³/mol. The van der Waals surface area contributed by atoms with Crippen molar-refractivity contribution in [3.63, 3.8) is 0 Å². The van der Waals surface area contributed by atoms with Gasteiger partial charge in [0.2, 0.25) is 0 Å². The molecule has 0 atom stereocenters. The van der Waals surface area contributed by atoms with Gasteiger partial charge in [-0.05, 0) is 107 Å². The maximum absolute atomic E-state index is 9.52. The number of hydrogen-bond donors (Lipinski definition) is 0. The van der Waals surface area contributed by atoms with Crippen LogP contribution in [0.3, 0.4) is 0 Å². The summed E-state index contributed by atoms with van der Waals surface area (Å²) in [5, 5.41) is 40.2. The molecular weight excluding hydrogens is 639 g/mol. The number of hydrogen-bond acceptors (Lipinski definition) is 6. The molecule has 0 radical (unpaired) electrons. The Morgan fingerprint density at radius 3 is 1.27 bits per heavy atom. The van der Waals surface area contributed by atoms with Crippen LogP contribution >= 0.6 is 0 Å². The average molecular weight is 664 g/mol. The number of para-hydroxylation sites is 2. The van der Waals surface area contributed by atoms with Crippen molar-refractivity contribution in [3.8, 4) is 57.7 Å². The van der Waals surface area contributed by atoms with Crippen LogP contribution in [0.2, 0.25) is 0 Å². The lowest BCUT2D eigenvalue weighted by Crippen LogP contribution is -2.09. The predicted octanol–water partition coefficient (Wildman–Crippen LogP) is 11.5. The SMILES string of the molecule is N#Cc1cc(C#N)cc(-c2ccc(N(c3ccc(-c4cc(C#N)cc(C#N)c4)cc3)c3ccc(-c4cccc5c4oc4ccccc45)cc3)cc2)c1. The molecule has 0 N–H and O–H groups in total. The number of nitriles is 4. The molecule has 6 heteroatoms. The molecule has 52 heavy (non-hydrogen) atoms. The van der Waals surface area contributed by atoms with Crippen LogP contribution in [0, 0.1) is 45.3 Å². The summed E-state index contributed by atoms with van der Waals surface area (Å²) in [5.41, 5.74) is 11.5. The van der Waals surface area contributed by atoms with E-state index in [0.717, 1.165) is 72.4 Å². The summed E-state index contributed by atoms with van der Waals surface area (Å²) in [6, 6.07) is 57.6. The number of nitrogens with zero attached hydrogens (tertiary/aromatic N) is 5. The van der Waals surface area contributed by atoms with E-state index in [0.29, 0.717) is 22.3 Å². The molecule has 6 nitrogen and oxygen atoms in total. The van der Waals surface area contributed by atoms with E-state index in [2.05, 4.69) is 77.7 Å². The molecule has 7 aromatic carbocycles. The molecule has 1 heterocycles. The molecule has 0 saturated carbocycles. The van der Waals surface area contributed by atoms with Crippen molar-refractivity contribution in [1.82, 2.24) is 0 Å². The van der Waals surface area contributed by atoms with Gasteiger partial charge in [0.05, 0.1) is 46.5 Å². The molecule has 0 saturated heterocycles. The van der Waals surface area contributed by atoms with E-state index in [9.17, 15) is 21.0 Å². The van der Waals surface area contributed by atoms with Crippen LogP contribution in [-0.2, 0) is 0 Å². The fourth-order valence-electron chi connectivity index (χ4n) is 6.66. The zero-order valence-electron chi connectivity index (χ0n) is 27.6. The second kappa shape index (κ2) is 13.2. The second-order valence-corrected chi connectivity index (χ2v) is 12.3. The number of fused-ring (bicyclic) bond motifs is 3. The van der Waals surface area contributed by atoms with E-state index in [4.69, 9.17) is 4.42 Å². The van der Waals surface area contributed by atoms with E-state index in [1.165, 1.54) is 0 Å². The molecule has 240 valence electrons. The molecule has 0 bridgehead atoms. The van der Waals surface area contributed by atoms with Crippen LogP contribution in [0.4, 0.5) is 17.1 Å². The maximum atomic E-state index is 9.52. The van der Waals surface area contributed by atoms with E-state index >= 15 is 0 Å². The Morgan fingerprint density at radius 2 is 0.808 bits per heavy atom. The highest BCUT2D eigenvalue weighted by molar-refractivity contribution is 6.09. The number of benzene rings is 7. The summed E-state index contributed by atoms with van der Waals surface area (Å²) in [6.07, 6.45) is 0. The van der Waals surface area contributed by atoms with Crippen molar-refractivity contribution in [2.24, 2.45) is 0 Å². The Bertz CT molecular complexity index is 2640. The molecule has 0 aliphatic heterocycles. The minimum absolute atomic E-state index is 0.431. The molecule has 8 rings (SSSR count). The standard InChI is InChI=1S/C46H25N5O/c47-26-30-20-31(27-48)23-37(22-30)34-8-14-39(15-9-34)51(40-16-10-35(11-17-40)38-24-32(28-49)21-33(25-38)29-50)41-18-12-36(13-19-41)42-5-3-6-44-43-4-1-2-7-45(43)52-46(42)44/h1-25H. The Morgan fingerprint density at radius 1 is 0.385 bits per heavy atom. The Balaban J connectivity index is 1.20. The summed E-state index contributed by atoms with van der Waals surface area (Å²) < 4.78 is 6.33. The molecule has 0 amide bonds. The monoisotopic (exact) mass is 663 g/mol. The van der Waals surface area contributed by atoms with Crippen LogP contribution < -0.4 is 4.90 Å². The summed E-state index contributed by atoms with van der Waals surface area (Å²) in [6.45, 7) is 0. The summed E-state index contributed by atoms with van der Waals surface area (Å²) in [4.78, 5) is 2.15. The van der Waals surface area contributed by atoms with Gasteiger partial charge in [-0.3, -0.25) is 0 Å². The van der Waals surface area contributed by atoms with Gasteiger partial charge >= 0.3 is 0 Å². The molecule has 0 unspecified atom stereocenters. The van der Waals surface area contributed by atoms with Gasteiger partial charge in [0.1, 0.15) is 11.2 Å². The fraction of sp³-hybridized carbons (Fsp3) is 0. The Kier molecular flexibility index (Phi) is 7.96. The van der Waals surface area contributed by atoms with E-state index in [1.54, 1.807) is 36.4 Å². The average Bonchev–Trinajstić information content (AvgIpc) is 3.60. The highest BCUT2D eigenvalue weighted by atomic mass is 16.3. The number of rotatable bonds is 6. The van der Waals surface area contributed by atoms with Gasteiger partial charge in [-0.25, -0.2) is 0 Å². The first-order valence-corrected chi connectivity index (χ1v) is 16.5. The lowest BCUT2D eigenvalue weighted by atomic mass is 9.99. The molecule has 8 aromatic rings. The minimum atomic E-state index is 0.431. The second-order valence-electron chi connectivity index (χ2n) is 12.3. The van der Waals surface area contributed by atoms with Crippen molar-refractivity contribution in [3.05, 3.63) is 174 Å². The van der Waals surface area contributed by atoms with E-state index in [1.807, 2.05) is 66.7 Å². The van der Waals surface area contributed by atoms with Crippen LogP contribution in [-0.4, -0.2) is 0 Å². The normalized spacial score (nSPS) is 10.6. The summed E-state index contributed by atoms with van der Waals surface area (Å²) in [5.74, 6) is 0. The van der Waals surface area contributed by atoms with Crippen LogP contribution in [0.15, 0.2) is 156 Å². The smallest absolute Gasteiger partial charge is 0.143 e. The summed E-state index contributed by atoms with van der Waals surface area (Å²) in [7, 11) is 0. The maximum Gasteiger partial charge on any atom is 0.143 e. The molecular formula is C46H25N5O. The van der Waals surface area contributed by atoms with Crippen molar-refractivity contribution >= 4 is 39.0 Å². The van der Waals surface area contributed by atoms with Crippen molar-refractivity contribution in [1.29, 1.82) is 21.0 Å². The third kappa shape index (κ3) is 5.76. The first kappa shape index (κ1) is 31.4. The first-order chi connectivity index (χ1) is 25.5. The third-order valence-corrected chi connectivity index (χ3v) is 9.14. The van der Waals surface area contributed by atoms with Gasteiger partial charge in [-0.15, -0.1) is 0 Å². The van der Waals surface area contributed by atoms with Gasteiger partial charge in [-0.1, -0.05) is 72.8 Å². The molecule has 0 fully saturated rings. The Hall–Kier alpha value is -7.90. The van der Waals surface area contributed by atoms with Gasteiger partial charge in [0, 0.05) is 33.4 Å². The largest absolute Gasteiger partial charge is 0.455 e. The lowest BCUT2D eigenvalue weighted by molar-refractivity contribution is 0.670. The molecule has 0 spiro atoms. The third-order valence-electron chi connectivity index (χ3n) is 9.14. The first-order valence-electron chi connectivity index (χ1n) is 16.5. The van der Waals surface area contributed by atoms with Gasteiger partial charge < -0.3 is 9.32 Å². The van der Waals surface area contributed by atoms with E-state index in [-0.39, 0.29) is 0 Å². The molecule has 1 aromatic heterocycles. The van der Waals surface area contributed by atoms with Gasteiger partial charge in [-0.2, -0.15) is 21.0 Å². The highest BCUT2D eigenvalue weighted by Gasteiger charge is 2.16. The van der Waals surface area contributed by atoms with Gasteiger partial charge in [0.25, 0.3) is 0 Å². The topological polar surface area (TPSA) is 112 Å². The van der Waals surface area contributed by atoms with E-state index < -0.39 is 0 Å². The Labute approximate surface area is 300 Å². The zero-order valence-corrected chi connectivity index (χ0v) is 27.6.